The summed E-state index contributed by atoms with van der Waals surface area (Å²) in [6, 6.07) is 0. The van der Waals surface area contributed by atoms with Gasteiger partial charge in [-0.3, -0.25) is 9.69 Å². The van der Waals surface area contributed by atoms with Gasteiger partial charge in [-0.15, -0.1) is 0 Å². The van der Waals surface area contributed by atoms with Crippen molar-refractivity contribution in [2.45, 2.75) is 31.6 Å². The van der Waals surface area contributed by atoms with Gasteiger partial charge in [0, 0.05) is 13.5 Å². The number of carboxylic acid groups (broad SMARTS) is 1. The first-order valence-electron chi connectivity index (χ1n) is 4.28. The van der Waals surface area contributed by atoms with Crippen LogP contribution in [0.5, 0.6) is 0 Å². The highest BCUT2D eigenvalue weighted by Crippen LogP contribution is 2.26. The molecule has 0 spiro atoms. The topological polar surface area (TPSA) is 57.6 Å². The summed E-state index contributed by atoms with van der Waals surface area (Å²) in [5.41, 5.74) is 0. The zero-order chi connectivity index (χ0) is 9.84. The number of hydrogen-bond donors (Lipinski definition) is 1. The van der Waals surface area contributed by atoms with Crippen LogP contribution in [0.3, 0.4) is 0 Å². The molecular weight excluding hydrogens is 190 g/mol. The standard InChI is InChI=1S/C8H13NO3S/c1-6(10)13-7-4-2-3-5-9(7)8(11)12/h7H,2-5H2,1H3,(H,11,12). The van der Waals surface area contributed by atoms with E-state index in [2.05, 4.69) is 0 Å². The number of thioether (sulfide) groups is 1. The average Bonchev–Trinajstić information content (AvgIpc) is 2.03. The molecule has 0 aromatic rings. The van der Waals surface area contributed by atoms with Crippen LogP contribution < -0.4 is 0 Å². The number of carbonyl (C=O) groups is 2. The van der Waals surface area contributed by atoms with Gasteiger partial charge in [-0.25, -0.2) is 4.79 Å². The summed E-state index contributed by atoms with van der Waals surface area (Å²) < 4.78 is 0. The summed E-state index contributed by atoms with van der Waals surface area (Å²) in [7, 11) is 0. The van der Waals surface area contributed by atoms with E-state index < -0.39 is 6.09 Å². The quantitative estimate of drug-likeness (QED) is 0.705. The number of piperidine rings is 1. The molecule has 1 unspecified atom stereocenters. The highest BCUT2D eigenvalue weighted by Gasteiger charge is 2.27. The summed E-state index contributed by atoms with van der Waals surface area (Å²) in [6.07, 6.45) is 1.78. The fourth-order valence-corrected chi connectivity index (χ4v) is 2.42. The number of carbonyl (C=O) groups excluding carboxylic acids is 1. The Hall–Kier alpha value is -0.710. The number of likely N-dealkylation sites (tertiary alicyclic amines) is 1. The second kappa shape index (κ2) is 4.50. The van der Waals surface area contributed by atoms with Gasteiger partial charge >= 0.3 is 6.09 Å². The lowest BCUT2D eigenvalue weighted by Gasteiger charge is -2.32. The summed E-state index contributed by atoms with van der Waals surface area (Å²) in [6.45, 7) is 2.03. The van der Waals surface area contributed by atoms with Gasteiger partial charge in [0.2, 0.25) is 0 Å². The minimum Gasteiger partial charge on any atom is -0.465 e. The molecule has 1 fully saturated rings. The second-order valence-electron chi connectivity index (χ2n) is 3.04. The molecule has 0 bridgehead atoms. The SMILES string of the molecule is CC(=O)SC1CCCCN1C(=O)O. The molecule has 13 heavy (non-hydrogen) atoms. The molecule has 1 N–H and O–H groups in total. The van der Waals surface area contributed by atoms with E-state index in [1.54, 1.807) is 0 Å². The van der Waals surface area contributed by atoms with E-state index >= 15 is 0 Å². The van der Waals surface area contributed by atoms with Crippen molar-refractivity contribution in [3.63, 3.8) is 0 Å². The Balaban J connectivity index is 2.56. The first-order valence-corrected chi connectivity index (χ1v) is 5.16. The van der Waals surface area contributed by atoms with Crippen LogP contribution in [0.25, 0.3) is 0 Å². The molecule has 1 rings (SSSR count). The summed E-state index contributed by atoms with van der Waals surface area (Å²) in [5.74, 6) is 0. The molecule has 0 saturated carbocycles. The molecule has 1 heterocycles. The van der Waals surface area contributed by atoms with Crippen molar-refractivity contribution < 1.29 is 14.7 Å². The largest absolute Gasteiger partial charge is 0.465 e. The maximum absolute atomic E-state index is 10.8. The molecule has 5 heteroatoms. The highest BCUT2D eigenvalue weighted by atomic mass is 32.2. The summed E-state index contributed by atoms with van der Waals surface area (Å²) in [5, 5.41) is 8.64. The van der Waals surface area contributed by atoms with Crippen molar-refractivity contribution in [1.82, 2.24) is 4.90 Å². The van der Waals surface area contributed by atoms with Gasteiger partial charge in [0.1, 0.15) is 0 Å². The minimum absolute atomic E-state index is 0.0156. The van der Waals surface area contributed by atoms with Crippen LogP contribution >= 0.6 is 11.8 Å². The van der Waals surface area contributed by atoms with Gasteiger partial charge in [0.25, 0.3) is 0 Å². The molecule has 0 aliphatic carbocycles. The Morgan fingerprint density at radius 1 is 1.46 bits per heavy atom. The predicted octanol–water partition coefficient (Wildman–Crippen LogP) is 1.76. The van der Waals surface area contributed by atoms with Crippen LogP contribution in [0.15, 0.2) is 0 Å². The first kappa shape index (κ1) is 10.4. The van der Waals surface area contributed by atoms with Gasteiger partial charge in [0.15, 0.2) is 5.12 Å². The zero-order valence-corrected chi connectivity index (χ0v) is 8.34. The maximum Gasteiger partial charge on any atom is 0.408 e. The number of rotatable bonds is 1. The van der Waals surface area contributed by atoms with Crippen LogP contribution in [-0.2, 0) is 4.79 Å². The number of amides is 1. The molecule has 1 saturated heterocycles. The number of hydrogen-bond acceptors (Lipinski definition) is 3. The number of nitrogens with zero attached hydrogens (tertiary/aromatic N) is 1. The zero-order valence-electron chi connectivity index (χ0n) is 7.52. The Labute approximate surface area is 81.3 Å². The molecule has 1 aliphatic rings. The van der Waals surface area contributed by atoms with Gasteiger partial charge in [-0.2, -0.15) is 0 Å². The molecule has 4 nitrogen and oxygen atoms in total. The van der Waals surface area contributed by atoms with Gasteiger partial charge in [-0.1, -0.05) is 11.8 Å². The van der Waals surface area contributed by atoms with Crippen molar-refractivity contribution in [2.75, 3.05) is 6.54 Å². The predicted molar refractivity (Wildman–Crippen MR) is 50.6 cm³/mol. The molecule has 0 aromatic heterocycles. The van der Waals surface area contributed by atoms with Crippen molar-refractivity contribution in [2.24, 2.45) is 0 Å². The van der Waals surface area contributed by atoms with Gasteiger partial charge < -0.3 is 5.11 Å². The van der Waals surface area contributed by atoms with Gasteiger partial charge in [-0.05, 0) is 19.3 Å². The Morgan fingerprint density at radius 2 is 2.15 bits per heavy atom. The summed E-state index contributed by atoms with van der Waals surface area (Å²) >= 11 is 1.12. The van der Waals surface area contributed by atoms with E-state index in [1.807, 2.05) is 0 Å². The fraction of sp³-hybridized carbons (Fsp3) is 0.750. The molecule has 1 amide bonds. The van der Waals surface area contributed by atoms with Crippen molar-refractivity contribution in [3.8, 4) is 0 Å². The smallest absolute Gasteiger partial charge is 0.408 e. The molecule has 1 atom stereocenters. The van der Waals surface area contributed by atoms with Crippen LogP contribution in [-0.4, -0.2) is 33.1 Å². The second-order valence-corrected chi connectivity index (χ2v) is 4.39. The molecule has 74 valence electrons. The van der Waals surface area contributed by atoms with E-state index in [0.29, 0.717) is 6.54 Å². The van der Waals surface area contributed by atoms with E-state index in [0.717, 1.165) is 31.0 Å². The average molecular weight is 203 g/mol. The fourth-order valence-electron chi connectivity index (χ4n) is 1.43. The Bertz CT molecular complexity index is 219. The third kappa shape index (κ3) is 2.91. The van der Waals surface area contributed by atoms with Crippen LogP contribution in [0.1, 0.15) is 26.2 Å². The normalized spacial score (nSPS) is 22.8. The lowest BCUT2D eigenvalue weighted by Crippen LogP contribution is -2.41. The van der Waals surface area contributed by atoms with Crippen LogP contribution in [0.2, 0.25) is 0 Å². The molecule has 0 radical (unpaired) electrons. The Morgan fingerprint density at radius 3 is 2.69 bits per heavy atom. The molecule has 0 aromatic carbocycles. The van der Waals surface area contributed by atoms with E-state index in [1.165, 1.54) is 11.8 Å². The first-order chi connectivity index (χ1) is 6.11. The van der Waals surface area contributed by atoms with E-state index in [4.69, 9.17) is 5.11 Å². The van der Waals surface area contributed by atoms with Crippen molar-refractivity contribution in [3.05, 3.63) is 0 Å². The lowest BCUT2D eigenvalue weighted by atomic mass is 10.1. The van der Waals surface area contributed by atoms with Gasteiger partial charge in [0.05, 0.1) is 5.37 Å². The monoisotopic (exact) mass is 203 g/mol. The third-order valence-electron chi connectivity index (χ3n) is 2.00. The van der Waals surface area contributed by atoms with Crippen LogP contribution in [0.4, 0.5) is 4.79 Å². The Kier molecular flexibility index (Phi) is 3.59. The maximum atomic E-state index is 10.8. The lowest BCUT2D eigenvalue weighted by molar-refractivity contribution is -0.109. The highest BCUT2D eigenvalue weighted by molar-refractivity contribution is 8.14. The van der Waals surface area contributed by atoms with E-state index in [9.17, 15) is 9.59 Å². The van der Waals surface area contributed by atoms with Crippen molar-refractivity contribution in [1.29, 1.82) is 0 Å². The molecular formula is C8H13NO3S. The van der Waals surface area contributed by atoms with Crippen molar-refractivity contribution >= 4 is 23.0 Å². The van der Waals surface area contributed by atoms with Crippen LogP contribution in [0, 0.1) is 0 Å². The molecule has 1 aliphatic heterocycles. The summed E-state index contributed by atoms with van der Waals surface area (Å²) in [4.78, 5) is 22.9. The minimum atomic E-state index is -0.918. The van der Waals surface area contributed by atoms with E-state index in [-0.39, 0.29) is 10.5 Å². The third-order valence-corrected chi connectivity index (χ3v) is 3.09.